The van der Waals surface area contributed by atoms with Crippen LogP contribution in [-0.2, 0) is 112 Å². The minimum absolute atomic E-state index is 0.0552. The summed E-state index contributed by atoms with van der Waals surface area (Å²) >= 11 is 0. The van der Waals surface area contributed by atoms with Crippen molar-refractivity contribution < 1.29 is 169 Å². The van der Waals surface area contributed by atoms with Gasteiger partial charge in [-0.25, -0.2) is 0 Å². The molecular weight excluding hydrogens is 1580 g/mol. The van der Waals surface area contributed by atoms with E-state index in [0.717, 1.165) is 0 Å². The van der Waals surface area contributed by atoms with Gasteiger partial charge in [-0.3, -0.25) is 0 Å². The van der Waals surface area contributed by atoms with Gasteiger partial charge in [-0.2, -0.15) is 0 Å². The molecule has 28 rings (SSSR count). The second-order valence-electron chi connectivity index (χ2n) is 30.3. The Morgan fingerprint density at radius 3 is 0.412 bits per heavy atom. The van der Waals surface area contributed by atoms with Crippen molar-refractivity contribution in [3.63, 3.8) is 0 Å². The van der Waals surface area contributed by atoms with E-state index in [4.69, 9.17) is 97.2 Å². The van der Waals surface area contributed by atoms with E-state index in [0.29, 0.717) is 40.3 Å². The van der Waals surface area contributed by atoms with Gasteiger partial charge in [0.05, 0.1) is 89.7 Å². The molecule has 21 saturated heterocycles. The summed E-state index contributed by atoms with van der Waals surface area (Å²) in [6.07, 6.45) is -54.7. The summed E-state index contributed by atoms with van der Waals surface area (Å²) in [5.74, 6) is 3.20. The van der Waals surface area contributed by atoms with Crippen molar-refractivity contribution in [3.8, 4) is 0 Å². The summed E-state index contributed by atoms with van der Waals surface area (Å²) < 4.78 is 130. The molecule has 658 valence electrons. The summed E-state index contributed by atoms with van der Waals surface area (Å²) in [6.45, 7) is -1.42. The van der Waals surface area contributed by atoms with Crippen molar-refractivity contribution in [2.24, 2.45) is 0 Å². The van der Waals surface area contributed by atoms with Crippen molar-refractivity contribution >= 4 is 0 Å². The van der Waals surface area contributed by atoms with Crippen LogP contribution in [0.25, 0.3) is 0 Å². The van der Waals surface area contributed by atoms with Gasteiger partial charge in [0.25, 0.3) is 0 Å². The fourth-order valence-electron chi connectivity index (χ4n) is 15.8. The first-order valence-electron chi connectivity index (χ1n) is 39.6. The highest BCUT2D eigenvalue weighted by Crippen LogP contribution is 2.40. The number of ether oxygens (including phenoxy) is 14. The number of aliphatic hydroxyl groups is 14. The van der Waals surface area contributed by atoms with Crippen molar-refractivity contribution in [2.45, 2.75) is 261 Å². The number of hydrogen-bond donors (Lipinski definition) is 21. The summed E-state index contributed by atoms with van der Waals surface area (Å²) in [4.78, 5) is 0. The van der Waals surface area contributed by atoms with E-state index in [1.807, 2.05) is 0 Å². The zero-order valence-corrected chi connectivity index (χ0v) is 64.1. The molecule has 14 bridgehead atoms. The third-order valence-corrected chi connectivity index (χ3v) is 22.1. The molecule has 21 aliphatic rings. The second-order valence-corrected chi connectivity index (χ2v) is 30.3. The molecule has 21 fully saturated rings. The minimum atomic E-state index is -2.12. The van der Waals surface area contributed by atoms with Crippen LogP contribution in [0.2, 0.25) is 0 Å². The average molecular weight is 1690 g/mol. The minimum Gasteiger partial charge on any atom is -0.468 e. The summed E-state index contributed by atoms with van der Waals surface area (Å²) in [5, 5.41) is 196. The molecule has 0 unspecified atom stereocenters. The van der Waals surface area contributed by atoms with Crippen LogP contribution in [0, 0.1) is 0 Å². The van der Waals surface area contributed by atoms with Crippen molar-refractivity contribution in [1.29, 1.82) is 0 Å². The van der Waals surface area contributed by atoms with Crippen LogP contribution in [0.15, 0.2) is 160 Å². The van der Waals surface area contributed by atoms with Crippen LogP contribution in [0.4, 0.5) is 0 Å². The smallest absolute Gasteiger partial charge is 0.187 e. The molecule has 21 aliphatic heterocycles. The van der Waals surface area contributed by atoms with Gasteiger partial charge in [0, 0.05) is 45.8 Å². The highest BCUT2D eigenvalue weighted by Gasteiger charge is 2.60. The third kappa shape index (κ3) is 21.0. The molecule has 7 aromatic heterocycles. The molecule has 119 heavy (non-hydrogen) atoms. The van der Waals surface area contributed by atoms with Crippen LogP contribution in [0.5, 0.6) is 0 Å². The molecule has 7 aromatic rings. The highest BCUT2D eigenvalue weighted by atomic mass is 16.8. The largest absolute Gasteiger partial charge is 0.468 e. The van der Waals surface area contributed by atoms with Crippen molar-refractivity contribution in [1.82, 2.24) is 37.2 Å². The predicted molar refractivity (Wildman–Crippen MR) is 392 cm³/mol. The molecular formula is C77H105N7O35. The molecule has 0 saturated carbocycles. The zero-order valence-electron chi connectivity index (χ0n) is 64.1. The van der Waals surface area contributed by atoms with Crippen LogP contribution in [0.1, 0.15) is 40.3 Å². The maximum absolute atomic E-state index is 12.5. The lowest BCUT2D eigenvalue weighted by molar-refractivity contribution is -0.392. The third-order valence-electron chi connectivity index (χ3n) is 22.1. The van der Waals surface area contributed by atoms with E-state index in [9.17, 15) is 71.5 Å². The maximum Gasteiger partial charge on any atom is 0.187 e. The van der Waals surface area contributed by atoms with Crippen LogP contribution in [-0.4, -0.2) is 332 Å². The summed E-state index contributed by atoms with van der Waals surface area (Å²) in [6, 6.07) is 23.3. The quantitative estimate of drug-likeness (QED) is 0.0218. The molecule has 21 N–H and O–H groups in total. The summed E-state index contributed by atoms with van der Waals surface area (Å²) in [5.41, 5.74) is 0. The van der Waals surface area contributed by atoms with Crippen LogP contribution >= 0.6 is 0 Å². The molecule has 42 nitrogen and oxygen atoms in total. The zero-order chi connectivity index (χ0) is 82.8. The predicted octanol–water partition coefficient (Wildman–Crippen LogP) is -5.50. The molecule has 0 amide bonds. The Labute approximate surface area is 679 Å². The lowest BCUT2D eigenvalue weighted by atomic mass is 9.94. The topological polar surface area (TPSA) is 589 Å². The molecule has 0 aromatic carbocycles. The maximum atomic E-state index is 12.5. The standard InChI is InChI=1S/C77H105N7O35/c85-50-57(92)71-106-43(29-78-22-36-8-1-15-99-36)64(50)113-72-58(93)51(86)66(45(107-72)31-80-24-38-10-3-17-101-38)115-74-60(95)53(88)68(47(109-74)33-82-26-40-12-5-19-103-40)117-76-62(97)55(90)70(49(111-76)35-84-28-42-14-7-21-105-42)119-77-63(98)56(91)69(48(112-77)34-83-27-41-13-6-20-104-41)118-75-61(96)54(89)67(46(110-75)32-81-25-39-11-4-18-102-39)116-73-59(94)52(87)65(114-71)44(108-73)30-79-23-37-9-2-16-100-37/h1-21,43-98H,22-35H2/t43-,44-,45-,46-,47-,48-,49-,50-,51-,52-,53-,54-,55-,56-,57-,58-,59-,60-,61-,62-,63-,64-,65-,66-,67-,68-,69-,70-,71-,72-,73-,74-,75-,76-,77-/m1/s1. The van der Waals surface area contributed by atoms with Crippen LogP contribution < -0.4 is 37.2 Å². The second kappa shape index (κ2) is 40.9. The van der Waals surface area contributed by atoms with E-state index in [1.54, 1.807) is 84.9 Å². The average Bonchev–Trinajstić information content (AvgIpc) is 1.05. The van der Waals surface area contributed by atoms with Gasteiger partial charge in [0.2, 0.25) is 0 Å². The summed E-state index contributed by atoms with van der Waals surface area (Å²) in [7, 11) is 0. The van der Waals surface area contributed by atoms with E-state index < -0.39 is 215 Å². The Balaban J connectivity index is 0.777. The van der Waals surface area contributed by atoms with E-state index in [-0.39, 0.29) is 91.6 Å². The Hall–Kier alpha value is -6.44. The Kier molecular flexibility index (Phi) is 30.1. The normalized spacial score (nSPS) is 40.0. The number of hydrogen-bond acceptors (Lipinski definition) is 42. The van der Waals surface area contributed by atoms with E-state index in [2.05, 4.69) is 37.2 Å². The number of nitrogens with one attached hydrogen (secondary N) is 7. The molecule has 35 atom stereocenters. The molecule has 42 heteroatoms. The fraction of sp³-hybridized carbons (Fsp3) is 0.636. The molecule has 0 spiro atoms. The Bertz CT molecular complexity index is 3290. The van der Waals surface area contributed by atoms with Gasteiger partial charge < -0.3 is 206 Å². The van der Waals surface area contributed by atoms with E-state index in [1.165, 1.54) is 43.8 Å². The molecule has 0 radical (unpaired) electrons. The highest BCUT2D eigenvalue weighted by molar-refractivity contribution is 5.08. The number of aliphatic hydroxyl groups excluding tert-OH is 14. The van der Waals surface area contributed by atoms with Gasteiger partial charge in [-0.1, -0.05) is 0 Å². The number of rotatable bonds is 28. The molecule has 0 aliphatic carbocycles. The van der Waals surface area contributed by atoms with Gasteiger partial charge in [0.15, 0.2) is 44.0 Å². The lowest BCUT2D eigenvalue weighted by Gasteiger charge is -2.50. The molecule has 28 heterocycles. The first-order valence-corrected chi connectivity index (χ1v) is 39.6. The van der Waals surface area contributed by atoms with Gasteiger partial charge in [-0.15, -0.1) is 0 Å². The first-order chi connectivity index (χ1) is 57.8. The van der Waals surface area contributed by atoms with Gasteiger partial charge >= 0.3 is 0 Å². The van der Waals surface area contributed by atoms with Crippen molar-refractivity contribution in [2.75, 3.05) is 45.8 Å². The SMILES string of the molecule is O[C@@H]1[C@@H](O)[C@H]2O[C@H]3[C@H](O)[C@@H](O)[C@@H](O[C@H]4[C@H](O)[C@@H](O)[C@@H](O[C@H]5[C@H](O)[C@@H](O)[C@@H](O[C@H]6[C@H](O)[C@@H](O)[C@@H](O[C@H]7[C@H](O)[C@@H](O)[C@@H](O[C@H]8[C@H](O)[C@@H](O)[C@@H](O[C@@H]1[C@@H](CNCc1ccco1)O2)O[C@@H]8CNCc1ccco1)O[C@@H]7CNCc1ccco1)O[C@@H]6CNCc1ccco1)O[C@@H]5CNCc1ccco1)O[C@@H]4CNCc1ccco1)O[C@@H]3CNCc1ccco1. The monoisotopic (exact) mass is 1690 g/mol. The van der Waals surface area contributed by atoms with Crippen LogP contribution in [0.3, 0.4) is 0 Å². The fourth-order valence-corrected chi connectivity index (χ4v) is 15.8. The Morgan fingerprint density at radius 1 is 0.176 bits per heavy atom. The van der Waals surface area contributed by atoms with Gasteiger partial charge in [0.1, 0.15) is 211 Å². The van der Waals surface area contributed by atoms with E-state index >= 15 is 0 Å². The lowest BCUT2D eigenvalue weighted by Crippen LogP contribution is -2.69. The van der Waals surface area contributed by atoms with Crippen molar-refractivity contribution in [3.05, 3.63) is 169 Å². The Morgan fingerprint density at radius 2 is 0.303 bits per heavy atom. The van der Waals surface area contributed by atoms with Gasteiger partial charge in [-0.05, 0) is 84.9 Å². The first kappa shape index (κ1) is 87.5. The number of furan rings is 7.